The fourth-order valence-electron chi connectivity index (χ4n) is 3.36. The average Bonchev–Trinajstić information content (AvgIpc) is 3.25. The van der Waals surface area contributed by atoms with Crippen molar-refractivity contribution in [3.05, 3.63) is 64.5 Å². The third-order valence-electron chi connectivity index (χ3n) is 5.04. The van der Waals surface area contributed by atoms with Gasteiger partial charge in [0.2, 0.25) is 17.7 Å². The Morgan fingerprint density at radius 1 is 1.21 bits per heavy atom. The number of halogens is 1. The molecule has 6 nitrogen and oxygen atoms in total. The van der Waals surface area contributed by atoms with E-state index in [1.165, 1.54) is 0 Å². The molecule has 3 aromatic rings. The van der Waals surface area contributed by atoms with Gasteiger partial charge in [-0.3, -0.25) is 9.59 Å². The normalized spacial score (nSPS) is 16.3. The van der Waals surface area contributed by atoms with Gasteiger partial charge in [-0.25, -0.2) is 4.98 Å². The summed E-state index contributed by atoms with van der Waals surface area (Å²) in [7, 11) is 0. The van der Waals surface area contributed by atoms with E-state index in [1.54, 1.807) is 4.90 Å². The van der Waals surface area contributed by atoms with Crippen LogP contribution in [-0.4, -0.2) is 23.3 Å². The maximum absolute atomic E-state index is 12.8. The van der Waals surface area contributed by atoms with E-state index in [2.05, 4.69) is 26.2 Å². The molecule has 2 heterocycles. The Hall–Kier alpha value is -2.93. The molecule has 1 aliphatic rings. The topological polar surface area (TPSA) is 75.4 Å². The van der Waals surface area contributed by atoms with Crippen molar-refractivity contribution in [1.82, 2.24) is 4.98 Å². The number of oxazole rings is 1. The molecule has 0 saturated carbocycles. The van der Waals surface area contributed by atoms with Crippen LogP contribution in [0.2, 0.25) is 0 Å². The van der Waals surface area contributed by atoms with Gasteiger partial charge in [-0.05, 0) is 60.1 Å². The first-order valence-electron chi connectivity index (χ1n) is 9.32. The number of amides is 2. The predicted molar refractivity (Wildman–Crippen MR) is 115 cm³/mol. The number of carbonyl (C=O) groups excluding carboxylic acids is 2. The second-order valence-corrected chi connectivity index (χ2v) is 7.94. The molecule has 0 spiro atoms. The third-order valence-corrected chi connectivity index (χ3v) is 5.72. The van der Waals surface area contributed by atoms with Gasteiger partial charge in [0, 0.05) is 28.7 Å². The molecule has 1 aromatic heterocycles. The van der Waals surface area contributed by atoms with Gasteiger partial charge in [0.15, 0.2) is 0 Å². The van der Waals surface area contributed by atoms with E-state index in [1.807, 2.05) is 62.4 Å². The summed E-state index contributed by atoms with van der Waals surface area (Å²) in [5, 5.41) is 2.92. The summed E-state index contributed by atoms with van der Waals surface area (Å²) in [4.78, 5) is 31.3. The minimum Gasteiger partial charge on any atom is -0.441 e. The summed E-state index contributed by atoms with van der Waals surface area (Å²) < 4.78 is 6.50. The molecule has 7 heteroatoms. The van der Waals surface area contributed by atoms with Crippen LogP contribution in [0, 0.1) is 19.8 Å². The lowest BCUT2D eigenvalue weighted by Crippen LogP contribution is -2.28. The van der Waals surface area contributed by atoms with Gasteiger partial charge in [-0.15, -0.1) is 0 Å². The molecular weight excluding hydrogens is 434 g/mol. The van der Waals surface area contributed by atoms with Crippen LogP contribution < -0.4 is 10.2 Å². The molecule has 1 saturated heterocycles. The molecule has 0 radical (unpaired) electrons. The molecule has 29 heavy (non-hydrogen) atoms. The Morgan fingerprint density at radius 2 is 2.00 bits per heavy atom. The Labute approximate surface area is 177 Å². The number of nitrogens with one attached hydrogen (secondary N) is 1. The highest BCUT2D eigenvalue weighted by atomic mass is 79.9. The van der Waals surface area contributed by atoms with Crippen molar-refractivity contribution in [3.63, 3.8) is 0 Å². The number of aromatic nitrogens is 1. The van der Waals surface area contributed by atoms with Crippen LogP contribution in [0.1, 0.15) is 17.9 Å². The van der Waals surface area contributed by atoms with Gasteiger partial charge >= 0.3 is 0 Å². The van der Waals surface area contributed by atoms with Crippen LogP contribution in [0.5, 0.6) is 0 Å². The van der Waals surface area contributed by atoms with Crippen LogP contribution in [0.3, 0.4) is 0 Å². The molecule has 1 unspecified atom stereocenters. The summed E-state index contributed by atoms with van der Waals surface area (Å²) in [6, 6.07) is 14.9. The van der Waals surface area contributed by atoms with Gasteiger partial charge in [0.05, 0.1) is 17.3 Å². The Kier molecular flexibility index (Phi) is 5.24. The maximum atomic E-state index is 12.8. The van der Waals surface area contributed by atoms with E-state index >= 15 is 0 Å². The molecule has 4 rings (SSSR count). The molecule has 0 aliphatic carbocycles. The molecule has 2 amide bonds. The van der Waals surface area contributed by atoms with E-state index in [0.29, 0.717) is 18.1 Å². The Bertz CT molecular complexity index is 1070. The number of hydrogen-bond acceptors (Lipinski definition) is 4. The highest BCUT2D eigenvalue weighted by Gasteiger charge is 2.35. The number of aryl methyl sites for hydroxylation is 2. The second kappa shape index (κ2) is 7.83. The molecule has 1 N–H and O–H groups in total. The van der Waals surface area contributed by atoms with Crippen molar-refractivity contribution < 1.29 is 14.0 Å². The van der Waals surface area contributed by atoms with E-state index in [9.17, 15) is 9.59 Å². The molecule has 0 bridgehead atoms. The predicted octanol–water partition coefficient (Wildman–Crippen LogP) is 4.71. The van der Waals surface area contributed by atoms with Gasteiger partial charge in [0.25, 0.3) is 0 Å². The number of benzene rings is 2. The van der Waals surface area contributed by atoms with Gasteiger partial charge in [-0.2, -0.15) is 0 Å². The maximum Gasteiger partial charge on any atom is 0.229 e. The number of para-hydroxylation sites is 1. The SMILES string of the molecule is Cc1nc(-c2cccc(NC(=O)C3CC(=O)N(c4ccccc4Br)C3)c2)oc1C. The zero-order chi connectivity index (χ0) is 20.5. The van der Waals surface area contributed by atoms with Crippen molar-refractivity contribution >= 4 is 39.1 Å². The fraction of sp³-hybridized carbons (Fsp3) is 0.227. The molecule has 1 atom stereocenters. The average molecular weight is 454 g/mol. The summed E-state index contributed by atoms with van der Waals surface area (Å²) in [5.41, 5.74) is 3.06. The number of anilines is 2. The van der Waals surface area contributed by atoms with Gasteiger partial charge in [0.1, 0.15) is 5.76 Å². The quantitative estimate of drug-likeness (QED) is 0.620. The van der Waals surface area contributed by atoms with Crippen molar-refractivity contribution in [2.45, 2.75) is 20.3 Å². The lowest BCUT2D eigenvalue weighted by molar-refractivity contribution is -0.122. The van der Waals surface area contributed by atoms with E-state index in [0.717, 1.165) is 27.2 Å². The van der Waals surface area contributed by atoms with Gasteiger partial charge in [-0.1, -0.05) is 18.2 Å². The molecule has 148 valence electrons. The standard InChI is InChI=1S/C22H20BrN3O3/c1-13-14(2)29-22(24-13)15-6-5-7-17(10-15)25-21(28)16-11-20(27)26(12-16)19-9-4-3-8-18(19)23/h3-10,16H,11-12H2,1-2H3,(H,25,28). The zero-order valence-corrected chi connectivity index (χ0v) is 17.7. The summed E-state index contributed by atoms with van der Waals surface area (Å²) in [6.45, 7) is 4.11. The first-order valence-corrected chi connectivity index (χ1v) is 10.1. The van der Waals surface area contributed by atoms with Crippen molar-refractivity contribution in [2.75, 3.05) is 16.8 Å². The number of rotatable bonds is 4. The summed E-state index contributed by atoms with van der Waals surface area (Å²) in [6.07, 6.45) is 0.186. The molecular formula is C22H20BrN3O3. The minimum absolute atomic E-state index is 0.0588. The van der Waals surface area contributed by atoms with Crippen LogP contribution >= 0.6 is 15.9 Å². The van der Waals surface area contributed by atoms with E-state index in [4.69, 9.17) is 4.42 Å². The minimum atomic E-state index is -0.413. The largest absolute Gasteiger partial charge is 0.441 e. The Morgan fingerprint density at radius 3 is 2.72 bits per heavy atom. The molecule has 1 fully saturated rings. The van der Waals surface area contributed by atoms with E-state index in [-0.39, 0.29) is 18.2 Å². The summed E-state index contributed by atoms with van der Waals surface area (Å²) in [5.74, 6) is 0.643. The van der Waals surface area contributed by atoms with Gasteiger partial charge < -0.3 is 14.6 Å². The lowest BCUT2D eigenvalue weighted by Gasteiger charge is -2.18. The Balaban J connectivity index is 1.48. The highest BCUT2D eigenvalue weighted by Crippen LogP contribution is 2.32. The lowest BCUT2D eigenvalue weighted by atomic mass is 10.1. The second-order valence-electron chi connectivity index (χ2n) is 7.09. The monoisotopic (exact) mass is 453 g/mol. The molecule has 2 aromatic carbocycles. The van der Waals surface area contributed by atoms with Crippen LogP contribution in [0.25, 0.3) is 11.5 Å². The highest BCUT2D eigenvalue weighted by molar-refractivity contribution is 9.10. The third kappa shape index (κ3) is 3.96. The first kappa shape index (κ1) is 19.4. The number of nitrogens with zero attached hydrogens (tertiary/aromatic N) is 2. The number of carbonyl (C=O) groups is 2. The fourth-order valence-corrected chi connectivity index (χ4v) is 3.86. The number of hydrogen-bond donors (Lipinski definition) is 1. The first-order chi connectivity index (χ1) is 13.9. The van der Waals surface area contributed by atoms with Crippen LogP contribution in [0.15, 0.2) is 57.4 Å². The smallest absolute Gasteiger partial charge is 0.229 e. The van der Waals surface area contributed by atoms with E-state index < -0.39 is 5.92 Å². The summed E-state index contributed by atoms with van der Waals surface area (Å²) >= 11 is 3.47. The van der Waals surface area contributed by atoms with Crippen LogP contribution in [-0.2, 0) is 9.59 Å². The molecule has 1 aliphatic heterocycles. The van der Waals surface area contributed by atoms with Crippen molar-refractivity contribution in [2.24, 2.45) is 5.92 Å². The zero-order valence-electron chi connectivity index (χ0n) is 16.1. The van der Waals surface area contributed by atoms with Crippen molar-refractivity contribution in [3.8, 4) is 11.5 Å². The van der Waals surface area contributed by atoms with Crippen molar-refractivity contribution in [1.29, 1.82) is 0 Å². The van der Waals surface area contributed by atoms with Crippen LogP contribution in [0.4, 0.5) is 11.4 Å².